The van der Waals surface area contributed by atoms with Crippen LogP contribution >= 0.6 is 11.8 Å². The van der Waals surface area contributed by atoms with Crippen molar-refractivity contribution >= 4 is 17.6 Å². The fraction of sp³-hybridized carbons (Fsp3) is 0.500. The van der Waals surface area contributed by atoms with Crippen LogP contribution < -0.4 is 5.73 Å². The highest BCUT2D eigenvalue weighted by atomic mass is 32.2. The topological polar surface area (TPSA) is 75.7 Å². The quantitative estimate of drug-likeness (QED) is 0.465. The zero-order valence-corrected chi connectivity index (χ0v) is 10.0. The molecule has 0 radical (unpaired) electrons. The highest BCUT2D eigenvalue weighted by Crippen LogP contribution is 2.25. The minimum absolute atomic E-state index is 0.0454. The van der Waals surface area contributed by atoms with E-state index in [2.05, 4.69) is 30.7 Å². The lowest BCUT2D eigenvalue weighted by Crippen LogP contribution is -2.13. The number of amidine groups is 1. The minimum atomic E-state index is -0.0454. The average molecular weight is 224 g/mol. The minimum Gasteiger partial charge on any atom is -0.382 e. The maximum Gasteiger partial charge on any atom is 0.143 e. The van der Waals surface area contributed by atoms with E-state index in [4.69, 9.17) is 11.1 Å². The fourth-order valence-corrected chi connectivity index (χ4v) is 1.72. The lowest BCUT2D eigenvalue weighted by atomic mass is 10.2. The van der Waals surface area contributed by atoms with E-state index in [1.165, 1.54) is 6.20 Å². The van der Waals surface area contributed by atoms with Gasteiger partial charge in [0.1, 0.15) is 16.6 Å². The van der Waals surface area contributed by atoms with E-state index in [9.17, 15) is 0 Å². The molecule has 0 amide bonds. The Morgan fingerprint density at radius 2 is 2.00 bits per heavy atom. The number of thioether (sulfide) groups is 1. The smallest absolute Gasteiger partial charge is 0.143 e. The Morgan fingerprint density at radius 3 is 2.40 bits per heavy atom. The Morgan fingerprint density at radius 1 is 1.33 bits per heavy atom. The molecule has 0 aromatic carbocycles. The first-order chi connectivity index (χ1) is 7.00. The van der Waals surface area contributed by atoms with Gasteiger partial charge in [0.25, 0.3) is 0 Å². The molecule has 0 aliphatic carbocycles. The summed E-state index contributed by atoms with van der Waals surface area (Å²) in [5.74, 6) is 0.556. The number of nitrogens with zero attached hydrogens (tertiary/aromatic N) is 2. The summed E-state index contributed by atoms with van der Waals surface area (Å²) in [6, 6.07) is 0. The van der Waals surface area contributed by atoms with Gasteiger partial charge in [0, 0.05) is 5.25 Å². The van der Waals surface area contributed by atoms with Gasteiger partial charge in [-0.2, -0.15) is 0 Å². The molecule has 82 valence electrons. The molecule has 1 unspecified atom stereocenters. The SMILES string of the molecule is CC(C)C(C)Sc1cnc(C(=N)N)cn1. The van der Waals surface area contributed by atoms with Gasteiger partial charge in [0.05, 0.1) is 12.4 Å². The third-order valence-electron chi connectivity index (χ3n) is 2.15. The number of nitrogens with one attached hydrogen (secondary N) is 1. The molecule has 5 heteroatoms. The second-order valence-electron chi connectivity index (χ2n) is 3.72. The van der Waals surface area contributed by atoms with Gasteiger partial charge >= 0.3 is 0 Å². The molecule has 3 N–H and O–H groups in total. The van der Waals surface area contributed by atoms with Crippen molar-refractivity contribution < 1.29 is 0 Å². The maximum absolute atomic E-state index is 7.18. The fourth-order valence-electron chi connectivity index (χ4n) is 0.843. The second-order valence-corrected chi connectivity index (χ2v) is 5.12. The van der Waals surface area contributed by atoms with Gasteiger partial charge in [-0.05, 0) is 5.92 Å². The van der Waals surface area contributed by atoms with E-state index in [1.807, 2.05) is 0 Å². The van der Waals surface area contributed by atoms with Gasteiger partial charge in [-0.15, -0.1) is 11.8 Å². The summed E-state index contributed by atoms with van der Waals surface area (Å²) in [6.45, 7) is 6.51. The van der Waals surface area contributed by atoms with E-state index in [0.29, 0.717) is 16.9 Å². The number of nitrogens with two attached hydrogens (primary N) is 1. The van der Waals surface area contributed by atoms with Crippen LogP contribution in [0.25, 0.3) is 0 Å². The van der Waals surface area contributed by atoms with Crippen molar-refractivity contribution in [3.63, 3.8) is 0 Å². The Bertz CT molecular complexity index is 334. The molecule has 0 fully saturated rings. The summed E-state index contributed by atoms with van der Waals surface area (Å²) < 4.78 is 0. The summed E-state index contributed by atoms with van der Waals surface area (Å²) in [5, 5.41) is 8.56. The van der Waals surface area contributed by atoms with Gasteiger partial charge in [-0.3, -0.25) is 5.41 Å². The average Bonchev–Trinajstić information content (AvgIpc) is 2.18. The number of aromatic nitrogens is 2. The van der Waals surface area contributed by atoms with Crippen LogP contribution in [0.1, 0.15) is 26.5 Å². The Balaban J connectivity index is 2.68. The highest BCUT2D eigenvalue weighted by Gasteiger charge is 2.10. The highest BCUT2D eigenvalue weighted by molar-refractivity contribution is 7.99. The maximum atomic E-state index is 7.18. The van der Waals surface area contributed by atoms with E-state index in [-0.39, 0.29) is 5.84 Å². The van der Waals surface area contributed by atoms with Crippen LogP contribution in [0.15, 0.2) is 17.4 Å². The lowest BCUT2D eigenvalue weighted by molar-refractivity contribution is 0.641. The summed E-state index contributed by atoms with van der Waals surface area (Å²) in [7, 11) is 0. The van der Waals surface area contributed by atoms with E-state index < -0.39 is 0 Å². The molecule has 1 aromatic rings. The van der Waals surface area contributed by atoms with Crippen LogP contribution in [0.2, 0.25) is 0 Å². The predicted molar refractivity (Wildman–Crippen MR) is 63.2 cm³/mol. The molecule has 1 atom stereocenters. The summed E-state index contributed by atoms with van der Waals surface area (Å²) >= 11 is 1.69. The number of nitrogen functional groups attached to an aromatic ring is 1. The molecule has 0 saturated carbocycles. The monoisotopic (exact) mass is 224 g/mol. The van der Waals surface area contributed by atoms with Crippen molar-refractivity contribution in [3.8, 4) is 0 Å². The van der Waals surface area contributed by atoms with Crippen LogP contribution in [0.4, 0.5) is 0 Å². The van der Waals surface area contributed by atoms with Crippen molar-refractivity contribution in [3.05, 3.63) is 18.1 Å². The van der Waals surface area contributed by atoms with Gasteiger partial charge in [0.2, 0.25) is 0 Å². The van der Waals surface area contributed by atoms with Crippen molar-refractivity contribution in [1.82, 2.24) is 9.97 Å². The van der Waals surface area contributed by atoms with E-state index in [0.717, 1.165) is 5.03 Å². The van der Waals surface area contributed by atoms with Crippen LogP contribution in [0.5, 0.6) is 0 Å². The molecular formula is C10H16N4S. The Labute approximate surface area is 94.2 Å². The first-order valence-corrected chi connectivity index (χ1v) is 5.71. The zero-order chi connectivity index (χ0) is 11.4. The molecule has 0 saturated heterocycles. The normalized spacial score (nSPS) is 12.8. The summed E-state index contributed by atoms with van der Waals surface area (Å²) in [6.07, 6.45) is 3.21. The van der Waals surface area contributed by atoms with Crippen LogP contribution in [-0.2, 0) is 0 Å². The molecule has 1 aromatic heterocycles. The number of rotatable bonds is 4. The van der Waals surface area contributed by atoms with E-state index >= 15 is 0 Å². The zero-order valence-electron chi connectivity index (χ0n) is 9.19. The van der Waals surface area contributed by atoms with Crippen molar-refractivity contribution in [1.29, 1.82) is 5.41 Å². The molecular weight excluding hydrogens is 208 g/mol. The number of hydrogen-bond donors (Lipinski definition) is 2. The van der Waals surface area contributed by atoms with Crippen LogP contribution in [-0.4, -0.2) is 21.1 Å². The largest absolute Gasteiger partial charge is 0.382 e. The standard InChI is InChI=1S/C10H16N4S/c1-6(2)7(3)15-9-5-13-8(4-14-9)10(11)12/h4-7H,1-3H3,(H3,11,12). The Hall–Kier alpha value is -1.10. The molecule has 0 bridgehead atoms. The molecule has 1 heterocycles. The first kappa shape index (κ1) is 12.0. The summed E-state index contributed by atoms with van der Waals surface area (Å²) in [5.41, 5.74) is 5.71. The third-order valence-corrected chi connectivity index (χ3v) is 3.52. The molecule has 4 nitrogen and oxygen atoms in total. The molecule has 15 heavy (non-hydrogen) atoms. The molecule has 0 spiro atoms. The van der Waals surface area contributed by atoms with Crippen LogP contribution in [0.3, 0.4) is 0 Å². The molecule has 0 aliphatic rings. The summed E-state index contributed by atoms with van der Waals surface area (Å²) in [4.78, 5) is 8.26. The van der Waals surface area contributed by atoms with Crippen molar-refractivity contribution in [2.24, 2.45) is 11.7 Å². The van der Waals surface area contributed by atoms with Gasteiger partial charge in [-0.25, -0.2) is 9.97 Å². The van der Waals surface area contributed by atoms with Gasteiger partial charge in [-0.1, -0.05) is 20.8 Å². The van der Waals surface area contributed by atoms with Gasteiger partial charge < -0.3 is 5.73 Å². The van der Waals surface area contributed by atoms with Crippen molar-refractivity contribution in [2.45, 2.75) is 31.0 Å². The van der Waals surface area contributed by atoms with Crippen LogP contribution in [0, 0.1) is 11.3 Å². The lowest BCUT2D eigenvalue weighted by Gasteiger charge is -2.13. The van der Waals surface area contributed by atoms with Crippen molar-refractivity contribution in [2.75, 3.05) is 0 Å². The third kappa shape index (κ3) is 3.51. The van der Waals surface area contributed by atoms with E-state index in [1.54, 1.807) is 18.0 Å². The number of hydrogen-bond acceptors (Lipinski definition) is 4. The first-order valence-electron chi connectivity index (χ1n) is 4.83. The molecule has 0 aliphatic heterocycles. The van der Waals surface area contributed by atoms with Gasteiger partial charge in [0.15, 0.2) is 0 Å². The molecule has 1 rings (SSSR count). The second kappa shape index (κ2) is 5.11. The predicted octanol–water partition coefficient (Wildman–Crippen LogP) is 1.90. The Kier molecular flexibility index (Phi) is 4.08.